The molecule has 0 bridgehead atoms. The molecule has 0 aliphatic carbocycles. The van der Waals surface area contributed by atoms with Crippen molar-refractivity contribution in [1.29, 1.82) is 0 Å². The Hall–Kier alpha value is -2.87. The van der Waals surface area contributed by atoms with Gasteiger partial charge in [0.05, 0.1) is 24.4 Å². The summed E-state index contributed by atoms with van der Waals surface area (Å²) >= 11 is 3.49. The molecular formula is C17H13BrN4O3. The monoisotopic (exact) mass is 400 g/mol. The number of ether oxygens (including phenoxy) is 2. The second-order valence-electron chi connectivity index (χ2n) is 5.23. The molecule has 2 aromatic carbocycles. The van der Waals surface area contributed by atoms with E-state index in [2.05, 4.69) is 31.1 Å². The molecule has 0 amide bonds. The smallest absolute Gasteiger partial charge is 0.227 e. The van der Waals surface area contributed by atoms with Gasteiger partial charge in [-0.3, -0.25) is 4.57 Å². The first-order valence-corrected chi connectivity index (χ1v) is 8.16. The lowest BCUT2D eigenvalue weighted by molar-refractivity contribution is 0.413. The van der Waals surface area contributed by atoms with Gasteiger partial charge in [-0.1, -0.05) is 0 Å². The molecule has 0 N–H and O–H groups in total. The van der Waals surface area contributed by atoms with Crippen LogP contribution in [-0.4, -0.2) is 34.0 Å². The van der Waals surface area contributed by atoms with Gasteiger partial charge in [0.15, 0.2) is 5.58 Å². The largest absolute Gasteiger partial charge is 0.497 e. The van der Waals surface area contributed by atoms with Crippen LogP contribution in [0.4, 0.5) is 0 Å². The van der Waals surface area contributed by atoms with Crippen LogP contribution in [0.5, 0.6) is 11.5 Å². The average molecular weight is 401 g/mol. The van der Waals surface area contributed by atoms with Crippen molar-refractivity contribution in [2.75, 3.05) is 14.2 Å². The molecule has 0 fully saturated rings. The van der Waals surface area contributed by atoms with Crippen molar-refractivity contribution in [2.24, 2.45) is 0 Å². The maximum atomic E-state index is 5.94. The molecule has 0 atom stereocenters. The van der Waals surface area contributed by atoms with E-state index in [0.717, 1.165) is 15.7 Å². The maximum Gasteiger partial charge on any atom is 0.227 e. The third-order valence-corrected chi connectivity index (χ3v) is 4.37. The number of rotatable bonds is 4. The standard InChI is InChI=1S/C17H13BrN4O3/c1-23-11-6-12(18)16-13(7-11)21-17(25-16)10-3-4-15(24-2)14(5-10)22-8-19-20-9-22/h3-9H,1-2H3. The van der Waals surface area contributed by atoms with Crippen LogP contribution in [-0.2, 0) is 0 Å². The minimum atomic E-state index is 0.501. The highest BCUT2D eigenvalue weighted by molar-refractivity contribution is 9.10. The number of fused-ring (bicyclic) bond motifs is 1. The van der Waals surface area contributed by atoms with Crippen LogP contribution in [0.15, 0.2) is 51.9 Å². The minimum Gasteiger partial charge on any atom is -0.497 e. The Labute approximate surface area is 151 Å². The van der Waals surface area contributed by atoms with Crippen molar-refractivity contribution in [3.63, 3.8) is 0 Å². The van der Waals surface area contributed by atoms with E-state index in [-0.39, 0.29) is 0 Å². The Bertz CT molecular complexity index is 1040. The summed E-state index contributed by atoms with van der Waals surface area (Å²) in [5, 5.41) is 7.68. The Kier molecular flexibility index (Phi) is 3.89. The van der Waals surface area contributed by atoms with E-state index < -0.39 is 0 Å². The lowest BCUT2D eigenvalue weighted by atomic mass is 10.2. The van der Waals surface area contributed by atoms with Crippen LogP contribution in [0.1, 0.15) is 0 Å². The number of aromatic nitrogens is 4. The number of benzene rings is 2. The SMILES string of the molecule is COc1cc(Br)c2oc(-c3ccc(OC)c(-n4cnnc4)c3)nc2c1. The van der Waals surface area contributed by atoms with Crippen LogP contribution in [0.25, 0.3) is 28.2 Å². The minimum absolute atomic E-state index is 0.501. The van der Waals surface area contributed by atoms with Crippen molar-refractivity contribution in [1.82, 2.24) is 19.7 Å². The maximum absolute atomic E-state index is 5.94. The van der Waals surface area contributed by atoms with E-state index in [4.69, 9.17) is 13.9 Å². The molecular weight excluding hydrogens is 388 g/mol. The summed E-state index contributed by atoms with van der Waals surface area (Å²) in [5.41, 5.74) is 2.98. The molecule has 25 heavy (non-hydrogen) atoms. The molecule has 0 aliphatic rings. The first-order chi connectivity index (χ1) is 12.2. The highest BCUT2D eigenvalue weighted by atomic mass is 79.9. The summed E-state index contributed by atoms with van der Waals surface area (Å²) < 4.78 is 19.2. The Morgan fingerprint density at radius 1 is 1.04 bits per heavy atom. The molecule has 0 spiro atoms. The van der Waals surface area contributed by atoms with Crippen LogP contribution >= 0.6 is 15.9 Å². The molecule has 2 aromatic heterocycles. The van der Waals surface area contributed by atoms with Crippen molar-refractivity contribution >= 4 is 27.0 Å². The van der Waals surface area contributed by atoms with Crippen LogP contribution in [0.2, 0.25) is 0 Å². The molecule has 8 heteroatoms. The summed E-state index contributed by atoms with van der Waals surface area (Å²) in [7, 11) is 3.23. The zero-order chi connectivity index (χ0) is 17.4. The first kappa shape index (κ1) is 15.6. The van der Waals surface area contributed by atoms with Gasteiger partial charge in [0.2, 0.25) is 5.89 Å². The van der Waals surface area contributed by atoms with Crippen molar-refractivity contribution in [2.45, 2.75) is 0 Å². The fraction of sp³-hybridized carbons (Fsp3) is 0.118. The lowest BCUT2D eigenvalue weighted by Crippen LogP contribution is -1.96. The van der Waals surface area contributed by atoms with Gasteiger partial charge in [-0.2, -0.15) is 0 Å². The van der Waals surface area contributed by atoms with E-state index in [9.17, 15) is 0 Å². The normalized spacial score (nSPS) is 11.0. The number of halogens is 1. The molecule has 0 saturated carbocycles. The molecule has 0 unspecified atom stereocenters. The highest BCUT2D eigenvalue weighted by Crippen LogP contribution is 2.34. The van der Waals surface area contributed by atoms with Crippen LogP contribution < -0.4 is 9.47 Å². The lowest BCUT2D eigenvalue weighted by Gasteiger charge is -2.09. The zero-order valence-corrected chi connectivity index (χ0v) is 15.0. The van der Waals surface area contributed by atoms with E-state index >= 15 is 0 Å². The molecule has 4 rings (SSSR count). The van der Waals surface area contributed by atoms with Crippen LogP contribution in [0.3, 0.4) is 0 Å². The number of methoxy groups -OCH3 is 2. The van der Waals surface area contributed by atoms with Gasteiger partial charge in [0, 0.05) is 11.6 Å². The van der Waals surface area contributed by atoms with E-state index in [1.807, 2.05) is 30.3 Å². The van der Waals surface area contributed by atoms with Gasteiger partial charge in [-0.05, 0) is 40.2 Å². The highest BCUT2D eigenvalue weighted by Gasteiger charge is 2.15. The van der Waals surface area contributed by atoms with Crippen molar-refractivity contribution < 1.29 is 13.9 Å². The third kappa shape index (κ3) is 2.74. The van der Waals surface area contributed by atoms with Gasteiger partial charge >= 0.3 is 0 Å². The summed E-state index contributed by atoms with van der Waals surface area (Å²) in [6, 6.07) is 9.33. The molecule has 0 saturated heterocycles. The van der Waals surface area contributed by atoms with Gasteiger partial charge < -0.3 is 13.9 Å². The Balaban J connectivity index is 1.86. The fourth-order valence-electron chi connectivity index (χ4n) is 2.56. The fourth-order valence-corrected chi connectivity index (χ4v) is 3.07. The summed E-state index contributed by atoms with van der Waals surface area (Å²) in [6.07, 6.45) is 3.21. The molecule has 7 nitrogen and oxygen atoms in total. The molecule has 126 valence electrons. The second kappa shape index (κ2) is 6.21. The predicted molar refractivity (Wildman–Crippen MR) is 95.2 cm³/mol. The van der Waals surface area contributed by atoms with Gasteiger partial charge in [-0.25, -0.2) is 4.98 Å². The van der Waals surface area contributed by atoms with Gasteiger partial charge in [0.25, 0.3) is 0 Å². The summed E-state index contributed by atoms with van der Waals surface area (Å²) in [4.78, 5) is 4.57. The van der Waals surface area contributed by atoms with E-state index in [1.54, 1.807) is 31.4 Å². The number of hydrogen-bond donors (Lipinski definition) is 0. The van der Waals surface area contributed by atoms with Crippen molar-refractivity contribution in [3.8, 4) is 28.6 Å². The first-order valence-electron chi connectivity index (χ1n) is 7.37. The van der Waals surface area contributed by atoms with Gasteiger partial charge in [0.1, 0.15) is 29.7 Å². The predicted octanol–water partition coefficient (Wildman–Crippen LogP) is 3.86. The number of nitrogens with zero attached hydrogens (tertiary/aromatic N) is 4. The molecule has 2 heterocycles. The Morgan fingerprint density at radius 2 is 1.84 bits per heavy atom. The zero-order valence-electron chi connectivity index (χ0n) is 13.4. The Morgan fingerprint density at radius 3 is 2.56 bits per heavy atom. The van der Waals surface area contributed by atoms with Gasteiger partial charge in [-0.15, -0.1) is 10.2 Å². The third-order valence-electron chi connectivity index (χ3n) is 3.78. The molecule has 0 radical (unpaired) electrons. The average Bonchev–Trinajstić information content (AvgIpc) is 3.31. The van der Waals surface area contributed by atoms with E-state index in [0.29, 0.717) is 28.5 Å². The number of hydrogen-bond acceptors (Lipinski definition) is 6. The van der Waals surface area contributed by atoms with Crippen molar-refractivity contribution in [3.05, 3.63) is 47.5 Å². The molecule has 4 aromatic rings. The summed E-state index contributed by atoms with van der Waals surface area (Å²) in [5.74, 6) is 1.91. The second-order valence-corrected chi connectivity index (χ2v) is 6.09. The van der Waals surface area contributed by atoms with E-state index in [1.165, 1.54) is 0 Å². The molecule has 0 aliphatic heterocycles. The topological polar surface area (TPSA) is 75.2 Å². The number of oxazole rings is 1. The summed E-state index contributed by atoms with van der Waals surface area (Å²) in [6.45, 7) is 0. The van der Waals surface area contributed by atoms with Crippen LogP contribution in [0, 0.1) is 0 Å². The quantitative estimate of drug-likeness (QED) is 0.517.